The SMILES string of the molecule is CCc1cc2c(NCc3cc(OC)c(OC)c(OC)c3)ncnc2s1. The van der Waals surface area contributed by atoms with Crippen LogP contribution >= 0.6 is 11.3 Å². The molecule has 25 heavy (non-hydrogen) atoms. The Kier molecular flexibility index (Phi) is 5.23. The summed E-state index contributed by atoms with van der Waals surface area (Å²) in [4.78, 5) is 11.0. The topological polar surface area (TPSA) is 65.5 Å². The zero-order valence-electron chi connectivity index (χ0n) is 14.8. The van der Waals surface area contributed by atoms with Gasteiger partial charge in [-0.1, -0.05) is 6.92 Å². The van der Waals surface area contributed by atoms with Gasteiger partial charge in [0, 0.05) is 11.4 Å². The number of anilines is 1. The standard InChI is InChI=1S/C18H21N3O3S/c1-5-12-8-13-17(20-10-21-18(13)25-12)19-9-11-6-14(22-2)16(24-4)15(7-11)23-3/h6-8,10H,5,9H2,1-4H3,(H,19,20,21). The summed E-state index contributed by atoms with van der Waals surface area (Å²) in [6, 6.07) is 6.01. The second kappa shape index (κ2) is 7.57. The molecule has 1 N–H and O–H groups in total. The maximum atomic E-state index is 5.40. The molecular weight excluding hydrogens is 338 g/mol. The third-order valence-corrected chi connectivity index (χ3v) is 5.10. The minimum atomic E-state index is 0.583. The Morgan fingerprint density at radius 2 is 1.72 bits per heavy atom. The number of nitrogens with one attached hydrogen (secondary N) is 1. The van der Waals surface area contributed by atoms with E-state index in [0.29, 0.717) is 23.8 Å². The van der Waals surface area contributed by atoms with E-state index in [1.165, 1.54) is 4.88 Å². The molecule has 0 amide bonds. The summed E-state index contributed by atoms with van der Waals surface area (Å²) >= 11 is 1.70. The second-order valence-corrected chi connectivity index (χ2v) is 6.51. The van der Waals surface area contributed by atoms with Crippen molar-refractivity contribution in [3.63, 3.8) is 0 Å². The Labute approximate surface area is 150 Å². The van der Waals surface area contributed by atoms with Gasteiger partial charge in [0.2, 0.25) is 5.75 Å². The number of methoxy groups -OCH3 is 3. The largest absolute Gasteiger partial charge is 0.493 e. The van der Waals surface area contributed by atoms with Gasteiger partial charge in [0.25, 0.3) is 0 Å². The fourth-order valence-electron chi connectivity index (χ4n) is 2.64. The monoisotopic (exact) mass is 359 g/mol. The number of thiophene rings is 1. The molecule has 0 unspecified atom stereocenters. The van der Waals surface area contributed by atoms with Crippen molar-refractivity contribution in [2.75, 3.05) is 26.6 Å². The van der Waals surface area contributed by atoms with E-state index in [1.807, 2.05) is 12.1 Å². The van der Waals surface area contributed by atoms with Crippen LogP contribution in [0.5, 0.6) is 17.2 Å². The van der Waals surface area contributed by atoms with Crippen LogP contribution in [0.15, 0.2) is 24.5 Å². The number of hydrogen-bond acceptors (Lipinski definition) is 7. The summed E-state index contributed by atoms with van der Waals surface area (Å²) in [6.45, 7) is 2.72. The number of nitrogens with zero attached hydrogens (tertiary/aromatic N) is 2. The van der Waals surface area contributed by atoms with E-state index in [2.05, 4.69) is 28.3 Å². The Hall–Kier alpha value is -2.54. The molecule has 0 fully saturated rings. The summed E-state index contributed by atoms with van der Waals surface area (Å²) in [7, 11) is 4.82. The van der Waals surface area contributed by atoms with E-state index >= 15 is 0 Å². The molecule has 3 rings (SSSR count). The van der Waals surface area contributed by atoms with Crippen molar-refractivity contribution in [3.05, 3.63) is 35.0 Å². The first-order valence-corrected chi connectivity index (χ1v) is 8.78. The third-order valence-electron chi connectivity index (χ3n) is 3.91. The van der Waals surface area contributed by atoms with Crippen LogP contribution in [-0.4, -0.2) is 31.3 Å². The zero-order valence-corrected chi connectivity index (χ0v) is 15.6. The third kappa shape index (κ3) is 3.46. The molecule has 2 aromatic heterocycles. The van der Waals surface area contributed by atoms with Gasteiger partial charge < -0.3 is 19.5 Å². The average Bonchev–Trinajstić information content (AvgIpc) is 3.09. The van der Waals surface area contributed by atoms with Gasteiger partial charge in [0.05, 0.1) is 26.7 Å². The van der Waals surface area contributed by atoms with Crippen LogP contribution < -0.4 is 19.5 Å². The predicted molar refractivity (Wildman–Crippen MR) is 100 cm³/mol. The van der Waals surface area contributed by atoms with Gasteiger partial charge in [-0.3, -0.25) is 0 Å². The highest BCUT2D eigenvalue weighted by Gasteiger charge is 2.14. The molecule has 0 spiro atoms. The molecule has 0 saturated heterocycles. The summed E-state index contributed by atoms with van der Waals surface area (Å²) in [5.41, 5.74) is 1.01. The fourth-order valence-corrected chi connectivity index (χ4v) is 3.58. The first kappa shape index (κ1) is 17.3. The fraction of sp³-hybridized carbons (Fsp3) is 0.333. The molecule has 3 aromatic rings. The van der Waals surface area contributed by atoms with Gasteiger partial charge in [-0.15, -0.1) is 11.3 Å². The molecule has 6 nitrogen and oxygen atoms in total. The minimum Gasteiger partial charge on any atom is -0.493 e. The maximum Gasteiger partial charge on any atom is 0.203 e. The van der Waals surface area contributed by atoms with E-state index in [-0.39, 0.29) is 0 Å². The van der Waals surface area contributed by atoms with Crippen molar-refractivity contribution in [2.24, 2.45) is 0 Å². The molecule has 0 aliphatic rings. The smallest absolute Gasteiger partial charge is 0.203 e. The normalized spacial score (nSPS) is 10.7. The van der Waals surface area contributed by atoms with Gasteiger partial charge in [-0.2, -0.15) is 0 Å². The lowest BCUT2D eigenvalue weighted by Crippen LogP contribution is -2.04. The maximum absolute atomic E-state index is 5.40. The van der Waals surface area contributed by atoms with Crippen LogP contribution in [0.2, 0.25) is 0 Å². The number of fused-ring (bicyclic) bond motifs is 1. The lowest BCUT2D eigenvalue weighted by Gasteiger charge is -2.14. The Balaban J connectivity index is 1.88. The van der Waals surface area contributed by atoms with Crippen molar-refractivity contribution in [1.82, 2.24) is 9.97 Å². The molecule has 0 bridgehead atoms. The Bertz CT molecular complexity index is 854. The average molecular weight is 359 g/mol. The number of hydrogen-bond donors (Lipinski definition) is 1. The molecule has 132 valence electrons. The van der Waals surface area contributed by atoms with E-state index in [0.717, 1.165) is 28.0 Å². The molecule has 0 aliphatic carbocycles. The van der Waals surface area contributed by atoms with Crippen LogP contribution in [0, 0.1) is 0 Å². The van der Waals surface area contributed by atoms with Crippen LogP contribution in [0.25, 0.3) is 10.2 Å². The van der Waals surface area contributed by atoms with Gasteiger partial charge in [0.15, 0.2) is 11.5 Å². The van der Waals surface area contributed by atoms with E-state index in [4.69, 9.17) is 14.2 Å². The molecule has 2 heterocycles. The van der Waals surface area contributed by atoms with Crippen molar-refractivity contribution < 1.29 is 14.2 Å². The van der Waals surface area contributed by atoms with E-state index in [9.17, 15) is 0 Å². The quantitative estimate of drug-likeness (QED) is 0.690. The first-order valence-electron chi connectivity index (χ1n) is 7.96. The number of aromatic nitrogens is 2. The molecule has 7 heteroatoms. The highest BCUT2D eigenvalue weighted by Crippen LogP contribution is 2.38. The van der Waals surface area contributed by atoms with Crippen LogP contribution in [0.3, 0.4) is 0 Å². The number of benzene rings is 1. The Morgan fingerprint density at radius 3 is 2.32 bits per heavy atom. The highest BCUT2D eigenvalue weighted by molar-refractivity contribution is 7.18. The summed E-state index contributed by atoms with van der Waals surface area (Å²) in [5.74, 6) is 2.68. The summed E-state index contributed by atoms with van der Waals surface area (Å²) < 4.78 is 16.2. The van der Waals surface area contributed by atoms with Gasteiger partial charge in [-0.25, -0.2) is 9.97 Å². The van der Waals surface area contributed by atoms with Gasteiger partial charge >= 0.3 is 0 Å². The summed E-state index contributed by atoms with van der Waals surface area (Å²) in [6.07, 6.45) is 2.59. The van der Waals surface area contributed by atoms with E-state index < -0.39 is 0 Å². The van der Waals surface area contributed by atoms with Crippen molar-refractivity contribution >= 4 is 27.4 Å². The Morgan fingerprint density at radius 1 is 1.00 bits per heavy atom. The first-order chi connectivity index (χ1) is 12.2. The number of aryl methyl sites for hydroxylation is 1. The van der Waals surface area contributed by atoms with Crippen LogP contribution in [-0.2, 0) is 13.0 Å². The lowest BCUT2D eigenvalue weighted by atomic mass is 10.1. The summed E-state index contributed by atoms with van der Waals surface area (Å²) in [5, 5.41) is 4.44. The predicted octanol–water partition coefficient (Wildman–Crippen LogP) is 3.89. The minimum absolute atomic E-state index is 0.583. The lowest BCUT2D eigenvalue weighted by molar-refractivity contribution is 0.324. The number of ether oxygens (including phenoxy) is 3. The molecule has 0 aliphatic heterocycles. The second-order valence-electron chi connectivity index (χ2n) is 5.39. The van der Waals surface area contributed by atoms with E-state index in [1.54, 1.807) is 39.0 Å². The molecular formula is C18H21N3O3S. The van der Waals surface area contributed by atoms with Crippen LogP contribution in [0.4, 0.5) is 5.82 Å². The van der Waals surface area contributed by atoms with Gasteiger partial charge in [-0.05, 0) is 30.2 Å². The molecule has 0 saturated carbocycles. The number of rotatable bonds is 7. The highest BCUT2D eigenvalue weighted by atomic mass is 32.1. The van der Waals surface area contributed by atoms with Crippen molar-refractivity contribution in [2.45, 2.75) is 19.9 Å². The van der Waals surface area contributed by atoms with Gasteiger partial charge in [0.1, 0.15) is 17.0 Å². The molecule has 0 radical (unpaired) electrons. The van der Waals surface area contributed by atoms with Crippen LogP contribution in [0.1, 0.15) is 17.4 Å². The van der Waals surface area contributed by atoms with Crippen molar-refractivity contribution in [3.8, 4) is 17.2 Å². The molecule has 0 atom stereocenters. The zero-order chi connectivity index (χ0) is 17.8. The molecule has 1 aromatic carbocycles. The van der Waals surface area contributed by atoms with Crippen molar-refractivity contribution in [1.29, 1.82) is 0 Å².